The van der Waals surface area contributed by atoms with Gasteiger partial charge < -0.3 is 10.2 Å². The molecule has 2 fully saturated rings. The molecule has 2 atom stereocenters. The maximum absolute atomic E-state index is 3.77. The predicted molar refractivity (Wildman–Crippen MR) is 78.8 cm³/mol. The van der Waals surface area contributed by atoms with Crippen molar-refractivity contribution >= 4 is 0 Å². The number of nitrogens with one attached hydrogen (secondary N) is 1. The maximum atomic E-state index is 3.77. The molecule has 1 N–H and O–H groups in total. The lowest BCUT2D eigenvalue weighted by molar-refractivity contribution is 0.0854. The second kappa shape index (κ2) is 5.92. The van der Waals surface area contributed by atoms with Gasteiger partial charge in [0.15, 0.2) is 0 Å². The zero-order chi connectivity index (χ0) is 13.2. The summed E-state index contributed by atoms with van der Waals surface area (Å²) in [6, 6.07) is 0.706. The molecule has 2 aliphatic carbocycles. The Morgan fingerprint density at radius 2 is 1.89 bits per heavy atom. The van der Waals surface area contributed by atoms with Crippen LogP contribution in [0, 0.1) is 17.3 Å². The van der Waals surface area contributed by atoms with Crippen LogP contribution in [-0.2, 0) is 0 Å². The van der Waals surface area contributed by atoms with Crippen LogP contribution in [0.15, 0.2) is 0 Å². The Labute approximate surface area is 114 Å². The molecule has 0 amide bonds. The molecule has 0 aromatic heterocycles. The number of rotatable bonds is 6. The molecule has 0 aromatic rings. The van der Waals surface area contributed by atoms with Crippen LogP contribution >= 0.6 is 0 Å². The van der Waals surface area contributed by atoms with Crippen LogP contribution in [-0.4, -0.2) is 37.6 Å². The molecule has 2 saturated carbocycles. The van der Waals surface area contributed by atoms with Gasteiger partial charge in [0.1, 0.15) is 0 Å². The fourth-order valence-corrected chi connectivity index (χ4v) is 3.86. The summed E-state index contributed by atoms with van der Waals surface area (Å²) in [5.74, 6) is 1.86. The molecule has 0 saturated heterocycles. The van der Waals surface area contributed by atoms with Crippen molar-refractivity contribution in [2.45, 2.75) is 58.9 Å². The monoisotopic (exact) mass is 252 g/mol. The van der Waals surface area contributed by atoms with E-state index in [2.05, 4.69) is 38.0 Å². The average Bonchev–Trinajstić information content (AvgIpc) is 3.06. The summed E-state index contributed by atoms with van der Waals surface area (Å²) < 4.78 is 0. The van der Waals surface area contributed by atoms with Gasteiger partial charge in [-0.25, -0.2) is 0 Å². The van der Waals surface area contributed by atoms with Gasteiger partial charge in [0.05, 0.1) is 0 Å². The summed E-state index contributed by atoms with van der Waals surface area (Å²) in [7, 11) is 2.32. The Balaban J connectivity index is 1.90. The van der Waals surface area contributed by atoms with E-state index in [1.807, 2.05) is 0 Å². The number of hydrogen-bond acceptors (Lipinski definition) is 2. The summed E-state index contributed by atoms with van der Waals surface area (Å²) in [6.07, 6.45) is 7.15. The van der Waals surface area contributed by atoms with Gasteiger partial charge in [-0.15, -0.1) is 0 Å². The largest absolute Gasteiger partial charge is 0.313 e. The van der Waals surface area contributed by atoms with Crippen molar-refractivity contribution in [3.8, 4) is 0 Å². The van der Waals surface area contributed by atoms with Crippen LogP contribution in [0.3, 0.4) is 0 Å². The summed E-state index contributed by atoms with van der Waals surface area (Å²) in [4.78, 5) is 2.59. The fraction of sp³-hybridized carbons (Fsp3) is 1.00. The van der Waals surface area contributed by atoms with Gasteiger partial charge in [-0.1, -0.05) is 27.2 Å². The fourth-order valence-electron chi connectivity index (χ4n) is 3.86. The minimum absolute atomic E-state index is 0.472. The normalized spacial score (nSPS) is 31.8. The van der Waals surface area contributed by atoms with Crippen molar-refractivity contribution in [3.63, 3.8) is 0 Å². The first-order valence-corrected chi connectivity index (χ1v) is 7.95. The van der Waals surface area contributed by atoms with Crippen LogP contribution in [0.2, 0.25) is 0 Å². The molecule has 0 aromatic carbocycles. The standard InChI is InChI=1S/C16H32N2/c1-5-17-15-14(7-6-10-16(15,2)3)12-18(4)11-13-8-9-13/h13-15,17H,5-12H2,1-4H3. The number of nitrogens with zero attached hydrogens (tertiary/aromatic N) is 1. The molecular weight excluding hydrogens is 220 g/mol. The maximum Gasteiger partial charge on any atom is 0.0159 e. The minimum atomic E-state index is 0.472. The van der Waals surface area contributed by atoms with Gasteiger partial charge in [0.25, 0.3) is 0 Å². The van der Waals surface area contributed by atoms with E-state index in [0.29, 0.717) is 11.5 Å². The second-order valence-corrected chi connectivity index (χ2v) is 7.34. The van der Waals surface area contributed by atoms with E-state index in [4.69, 9.17) is 0 Å². The van der Waals surface area contributed by atoms with E-state index in [-0.39, 0.29) is 0 Å². The summed E-state index contributed by atoms with van der Waals surface area (Å²) >= 11 is 0. The molecule has 2 unspecified atom stereocenters. The van der Waals surface area contributed by atoms with Crippen molar-refractivity contribution in [1.82, 2.24) is 10.2 Å². The molecule has 0 radical (unpaired) electrons. The Morgan fingerprint density at radius 1 is 1.17 bits per heavy atom. The van der Waals surface area contributed by atoms with Crippen LogP contribution in [0.1, 0.15) is 52.9 Å². The average molecular weight is 252 g/mol. The van der Waals surface area contributed by atoms with Crippen molar-refractivity contribution in [2.75, 3.05) is 26.7 Å². The first-order chi connectivity index (χ1) is 8.53. The molecule has 2 nitrogen and oxygen atoms in total. The zero-order valence-electron chi connectivity index (χ0n) is 12.8. The highest BCUT2D eigenvalue weighted by Gasteiger charge is 2.38. The summed E-state index contributed by atoms with van der Waals surface area (Å²) in [6.45, 7) is 10.9. The molecule has 2 aliphatic rings. The van der Waals surface area contributed by atoms with E-state index < -0.39 is 0 Å². The molecule has 2 rings (SSSR count). The highest BCUT2D eigenvalue weighted by atomic mass is 15.1. The Morgan fingerprint density at radius 3 is 2.50 bits per heavy atom. The molecule has 0 aliphatic heterocycles. The van der Waals surface area contributed by atoms with Gasteiger partial charge in [0, 0.05) is 19.1 Å². The van der Waals surface area contributed by atoms with Crippen molar-refractivity contribution in [1.29, 1.82) is 0 Å². The Bertz CT molecular complexity index is 258. The van der Waals surface area contributed by atoms with Gasteiger partial charge in [-0.2, -0.15) is 0 Å². The lowest BCUT2D eigenvalue weighted by atomic mass is 9.67. The van der Waals surface area contributed by atoms with Crippen LogP contribution in [0.25, 0.3) is 0 Å². The Hall–Kier alpha value is -0.0800. The van der Waals surface area contributed by atoms with Gasteiger partial charge in [0.2, 0.25) is 0 Å². The smallest absolute Gasteiger partial charge is 0.0159 e. The van der Waals surface area contributed by atoms with Gasteiger partial charge >= 0.3 is 0 Å². The molecule has 0 heterocycles. The molecule has 106 valence electrons. The van der Waals surface area contributed by atoms with E-state index in [1.54, 1.807) is 0 Å². The van der Waals surface area contributed by atoms with Crippen molar-refractivity contribution in [2.24, 2.45) is 17.3 Å². The highest BCUT2D eigenvalue weighted by Crippen LogP contribution is 2.39. The third-order valence-electron chi connectivity index (χ3n) is 4.95. The number of hydrogen-bond donors (Lipinski definition) is 1. The van der Waals surface area contributed by atoms with Crippen LogP contribution < -0.4 is 5.32 Å². The highest BCUT2D eigenvalue weighted by molar-refractivity contribution is 4.94. The second-order valence-electron chi connectivity index (χ2n) is 7.34. The molecule has 0 bridgehead atoms. The summed E-state index contributed by atoms with van der Waals surface area (Å²) in [5.41, 5.74) is 0.472. The first kappa shape index (κ1) is 14.3. The van der Waals surface area contributed by atoms with Crippen molar-refractivity contribution < 1.29 is 0 Å². The lowest BCUT2D eigenvalue weighted by Gasteiger charge is -2.45. The molecule has 18 heavy (non-hydrogen) atoms. The topological polar surface area (TPSA) is 15.3 Å². The van der Waals surface area contributed by atoms with Gasteiger partial charge in [-0.05, 0) is 56.5 Å². The Kier molecular flexibility index (Phi) is 4.71. The minimum Gasteiger partial charge on any atom is -0.313 e. The SMILES string of the molecule is CCNC1C(CN(C)CC2CC2)CCCC1(C)C. The van der Waals surface area contributed by atoms with Crippen molar-refractivity contribution in [3.05, 3.63) is 0 Å². The quantitative estimate of drug-likeness (QED) is 0.781. The lowest BCUT2D eigenvalue weighted by Crippen LogP contribution is -2.52. The first-order valence-electron chi connectivity index (χ1n) is 7.95. The third kappa shape index (κ3) is 3.71. The van der Waals surface area contributed by atoms with E-state index in [1.165, 1.54) is 45.2 Å². The van der Waals surface area contributed by atoms with E-state index in [0.717, 1.165) is 18.4 Å². The predicted octanol–water partition coefficient (Wildman–Crippen LogP) is 3.13. The third-order valence-corrected chi connectivity index (χ3v) is 4.95. The van der Waals surface area contributed by atoms with Gasteiger partial charge in [-0.3, -0.25) is 0 Å². The summed E-state index contributed by atoms with van der Waals surface area (Å²) in [5, 5.41) is 3.77. The van der Waals surface area contributed by atoms with E-state index >= 15 is 0 Å². The molecular formula is C16H32N2. The van der Waals surface area contributed by atoms with Crippen LogP contribution in [0.4, 0.5) is 0 Å². The van der Waals surface area contributed by atoms with E-state index in [9.17, 15) is 0 Å². The molecule has 0 spiro atoms. The molecule has 2 heteroatoms. The van der Waals surface area contributed by atoms with Crippen LogP contribution in [0.5, 0.6) is 0 Å². The zero-order valence-corrected chi connectivity index (χ0v) is 12.8.